The van der Waals surface area contributed by atoms with Gasteiger partial charge in [0.05, 0.1) is 13.2 Å². The SMILES string of the molecule is CCCOC(C)(N)OCC(C)CC. The van der Waals surface area contributed by atoms with Crippen LogP contribution < -0.4 is 5.73 Å². The van der Waals surface area contributed by atoms with E-state index in [2.05, 4.69) is 13.8 Å². The van der Waals surface area contributed by atoms with Crippen molar-refractivity contribution in [3.63, 3.8) is 0 Å². The summed E-state index contributed by atoms with van der Waals surface area (Å²) >= 11 is 0. The first-order valence-corrected chi connectivity index (χ1v) is 5.08. The standard InChI is InChI=1S/C10H23NO2/c1-5-7-12-10(4,11)13-8-9(3)6-2/h9H,5-8,11H2,1-4H3. The molecular formula is C10H23NO2. The van der Waals surface area contributed by atoms with E-state index in [-0.39, 0.29) is 0 Å². The average molecular weight is 189 g/mol. The summed E-state index contributed by atoms with van der Waals surface area (Å²) in [7, 11) is 0. The molecule has 0 aliphatic heterocycles. The lowest BCUT2D eigenvalue weighted by molar-refractivity contribution is -0.226. The van der Waals surface area contributed by atoms with Gasteiger partial charge in [0.2, 0.25) is 5.91 Å². The summed E-state index contributed by atoms with van der Waals surface area (Å²) in [6, 6.07) is 0. The maximum atomic E-state index is 5.76. The van der Waals surface area contributed by atoms with Crippen molar-refractivity contribution in [2.75, 3.05) is 13.2 Å². The van der Waals surface area contributed by atoms with Gasteiger partial charge in [0.25, 0.3) is 0 Å². The first-order chi connectivity index (χ1) is 6.02. The van der Waals surface area contributed by atoms with Gasteiger partial charge < -0.3 is 9.47 Å². The van der Waals surface area contributed by atoms with Crippen LogP contribution in [0.5, 0.6) is 0 Å². The summed E-state index contributed by atoms with van der Waals surface area (Å²) in [6.45, 7) is 9.38. The normalized spacial score (nSPS) is 18.2. The van der Waals surface area contributed by atoms with Crippen LogP contribution >= 0.6 is 0 Å². The Hall–Kier alpha value is -0.120. The fraction of sp³-hybridized carbons (Fsp3) is 1.00. The minimum Gasteiger partial charge on any atom is -0.338 e. The highest BCUT2D eigenvalue weighted by Gasteiger charge is 2.19. The highest BCUT2D eigenvalue weighted by Crippen LogP contribution is 2.09. The van der Waals surface area contributed by atoms with Crippen molar-refractivity contribution in [1.29, 1.82) is 0 Å². The molecule has 3 nitrogen and oxygen atoms in total. The molecule has 0 saturated carbocycles. The topological polar surface area (TPSA) is 44.5 Å². The van der Waals surface area contributed by atoms with E-state index in [0.29, 0.717) is 19.1 Å². The Labute approximate surface area is 81.6 Å². The number of hydrogen-bond acceptors (Lipinski definition) is 3. The van der Waals surface area contributed by atoms with E-state index in [1.807, 2.05) is 6.92 Å². The number of nitrogens with two attached hydrogens (primary N) is 1. The van der Waals surface area contributed by atoms with Crippen molar-refractivity contribution in [1.82, 2.24) is 0 Å². The van der Waals surface area contributed by atoms with E-state index in [1.165, 1.54) is 0 Å². The molecule has 0 amide bonds. The molecule has 0 spiro atoms. The van der Waals surface area contributed by atoms with Gasteiger partial charge in [0.15, 0.2) is 0 Å². The minimum atomic E-state index is -0.917. The van der Waals surface area contributed by atoms with Crippen molar-refractivity contribution >= 4 is 0 Å². The zero-order valence-electron chi connectivity index (χ0n) is 9.30. The summed E-state index contributed by atoms with van der Waals surface area (Å²) < 4.78 is 10.8. The lowest BCUT2D eigenvalue weighted by atomic mass is 10.1. The van der Waals surface area contributed by atoms with E-state index in [9.17, 15) is 0 Å². The number of ether oxygens (including phenoxy) is 2. The van der Waals surface area contributed by atoms with Gasteiger partial charge in [-0.15, -0.1) is 0 Å². The third kappa shape index (κ3) is 6.99. The maximum absolute atomic E-state index is 5.76. The van der Waals surface area contributed by atoms with Gasteiger partial charge in [-0.3, -0.25) is 5.73 Å². The van der Waals surface area contributed by atoms with Crippen LogP contribution in [-0.4, -0.2) is 19.1 Å². The molecule has 0 radical (unpaired) electrons. The Morgan fingerprint density at radius 3 is 2.38 bits per heavy atom. The van der Waals surface area contributed by atoms with Gasteiger partial charge in [0, 0.05) is 6.92 Å². The van der Waals surface area contributed by atoms with Crippen LogP contribution in [0.2, 0.25) is 0 Å². The van der Waals surface area contributed by atoms with Crippen molar-refractivity contribution < 1.29 is 9.47 Å². The second kappa shape index (κ2) is 6.35. The van der Waals surface area contributed by atoms with Crippen LogP contribution in [0.1, 0.15) is 40.5 Å². The van der Waals surface area contributed by atoms with Crippen LogP contribution in [0.15, 0.2) is 0 Å². The highest BCUT2D eigenvalue weighted by molar-refractivity contribution is 4.54. The van der Waals surface area contributed by atoms with E-state index in [4.69, 9.17) is 15.2 Å². The molecular weight excluding hydrogens is 166 g/mol. The van der Waals surface area contributed by atoms with E-state index in [1.54, 1.807) is 6.92 Å². The van der Waals surface area contributed by atoms with Gasteiger partial charge in [-0.05, 0) is 12.3 Å². The van der Waals surface area contributed by atoms with Crippen molar-refractivity contribution in [3.8, 4) is 0 Å². The molecule has 2 atom stereocenters. The smallest absolute Gasteiger partial charge is 0.221 e. The fourth-order valence-electron chi connectivity index (χ4n) is 0.772. The monoisotopic (exact) mass is 189 g/mol. The molecule has 2 unspecified atom stereocenters. The molecule has 80 valence electrons. The van der Waals surface area contributed by atoms with Crippen molar-refractivity contribution in [2.45, 2.75) is 46.4 Å². The largest absolute Gasteiger partial charge is 0.338 e. The average Bonchev–Trinajstić information content (AvgIpc) is 2.11. The predicted molar refractivity (Wildman–Crippen MR) is 54.2 cm³/mol. The maximum Gasteiger partial charge on any atom is 0.221 e. The summed E-state index contributed by atoms with van der Waals surface area (Å²) in [5.74, 6) is -0.382. The molecule has 2 N–H and O–H groups in total. The molecule has 0 aromatic rings. The molecule has 0 heterocycles. The molecule has 0 bridgehead atoms. The van der Waals surface area contributed by atoms with Gasteiger partial charge in [-0.2, -0.15) is 0 Å². The Morgan fingerprint density at radius 2 is 1.92 bits per heavy atom. The quantitative estimate of drug-likeness (QED) is 0.624. The zero-order valence-corrected chi connectivity index (χ0v) is 9.30. The van der Waals surface area contributed by atoms with Gasteiger partial charge in [0.1, 0.15) is 0 Å². The summed E-state index contributed by atoms with van der Waals surface area (Å²) in [5.41, 5.74) is 5.76. The lowest BCUT2D eigenvalue weighted by Crippen LogP contribution is -2.43. The van der Waals surface area contributed by atoms with Crippen molar-refractivity contribution in [3.05, 3.63) is 0 Å². The second-order valence-electron chi connectivity index (χ2n) is 3.69. The summed E-state index contributed by atoms with van der Waals surface area (Å²) in [6.07, 6.45) is 2.06. The molecule has 0 saturated heterocycles. The predicted octanol–water partition coefficient (Wildman–Crippen LogP) is 2.11. The van der Waals surface area contributed by atoms with E-state index in [0.717, 1.165) is 12.8 Å². The third-order valence-corrected chi connectivity index (χ3v) is 1.94. The lowest BCUT2D eigenvalue weighted by Gasteiger charge is -2.26. The number of hydrogen-bond donors (Lipinski definition) is 1. The Bertz CT molecular complexity index is 126. The first kappa shape index (κ1) is 12.9. The summed E-state index contributed by atoms with van der Waals surface area (Å²) in [4.78, 5) is 0. The zero-order chi connectivity index (χ0) is 10.3. The molecule has 0 fully saturated rings. The second-order valence-corrected chi connectivity index (χ2v) is 3.69. The van der Waals surface area contributed by atoms with Crippen LogP contribution in [-0.2, 0) is 9.47 Å². The van der Waals surface area contributed by atoms with Crippen LogP contribution in [0.25, 0.3) is 0 Å². The molecule has 3 heteroatoms. The van der Waals surface area contributed by atoms with Gasteiger partial charge >= 0.3 is 0 Å². The van der Waals surface area contributed by atoms with Crippen molar-refractivity contribution in [2.24, 2.45) is 11.7 Å². The van der Waals surface area contributed by atoms with Crippen LogP contribution in [0.4, 0.5) is 0 Å². The minimum absolute atomic E-state index is 0.535. The number of rotatable bonds is 7. The molecule has 0 aliphatic rings. The van der Waals surface area contributed by atoms with Crippen LogP contribution in [0.3, 0.4) is 0 Å². The van der Waals surface area contributed by atoms with Crippen LogP contribution in [0, 0.1) is 5.92 Å². The van der Waals surface area contributed by atoms with E-state index < -0.39 is 5.91 Å². The Balaban J connectivity index is 3.61. The van der Waals surface area contributed by atoms with Gasteiger partial charge in [-0.1, -0.05) is 27.2 Å². The molecule has 0 rings (SSSR count). The molecule has 0 aromatic carbocycles. The first-order valence-electron chi connectivity index (χ1n) is 5.08. The third-order valence-electron chi connectivity index (χ3n) is 1.94. The van der Waals surface area contributed by atoms with Gasteiger partial charge in [-0.25, -0.2) is 0 Å². The Kier molecular flexibility index (Phi) is 6.29. The fourth-order valence-corrected chi connectivity index (χ4v) is 0.772. The summed E-state index contributed by atoms with van der Waals surface area (Å²) in [5, 5.41) is 0. The highest BCUT2D eigenvalue weighted by atomic mass is 16.7. The molecule has 0 aliphatic carbocycles. The Morgan fingerprint density at radius 1 is 1.31 bits per heavy atom. The molecule has 13 heavy (non-hydrogen) atoms. The molecule has 0 aromatic heterocycles. The van der Waals surface area contributed by atoms with E-state index >= 15 is 0 Å².